The summed E-state index contributed by atoms with van der Waals surface area (Å²) in [5, 5.41) is 9.85. The molecule has 2 aromatic rings. The molecule has 1 heterocycles. The van der Waals surface area contributed by atoms with Gasteiger partial charge in [-0.2, -0.15) is 18.2 Å². The summed E-state index contributed by atoms with van der Waals surface area (Å²) in [5.74, 6) is -0.798. The lowest BCUT2D eigenvalue weighted by molar-refractivity contribution is -0.134. The second-order valence-corrected chi connectivity index (χ2v) is 5.16. The van der Waals surface area contributed by atoms with E-state index in [1.54, 1.807) is 24.3 Å². The van der Waals surface area contributed by atoms with Crippen LogP contribution in [0.4, 0.5) is 13.2 Å². The number of halogens is 4. The molecule has 0 saturated heterocycles. The maximum atomic E-state index is 12.2. The Balaban J connectivity index is 2.39. The summed E-state index contributed by atoms with van der Waals surface area (Å²) in [6, 6.07) is 6.65. The number of aromatic amines is 1. The Morgan fingerprint density at radius 3 is 2.52 bits per heavy atom. The van der Waals surface area contributed by atoms with Gasteiger partial charge in [-0.15, -0.1) is 0 Å². The van der Waals surface area contributed by atoms with Gasteiger partial charge in [-0.05, 0) is 6.07 Å². The molecule has 0 amide bonds. The first-order chi connectivity index (χ1) is 9.78. The van der Waals surface area contributed by atoms with Crippen molar-refractivity contribution in [3.8, 4) is 17.0 Å². The van der Waals surface area contributed by atoms with Crippen LogP contribution >= 0.6 is 15.9 Å². The maximum absolute atomic E-state index is 12.2. The normalized spacial score (nSPS) is 11.6. The monoisotopic (exact) mass is 362 g/mol. The molecule has 0 atom stereocenters. The molecule has 112 valence electrons. The number of nitrogens with zero attached hydrogens (tertiary/aromatic N) is 1. The van der Waals surface area contributed by atoms with Crippen LogP contribution < -0.4 is 5.56 Å². The second-order valence-electron chi connectivity index (χ2n) is 4.31. The van der Waals surface area contributed by atoms with Crippen LogP contribution in [0.2, 0.25) is 0 Å². The lowest BCUT2D eigenvalue weighted by Crippen LogP contribution is -2.16. The molecular weight excluding hydrogens is 353 g/mol. The number of rotatable bonds is 3. The summed E-state index contributed by atoms with van der Waals surface area (Å²) in [6.45, 7) is 0. The van der Waals surface area contributed by atoms with E-state index in [1.807, 2.05) is 0 Å². The first-order valence-electron chi connectivity index (χ1n) is 5.92. The average molecular weight is 363 g/mol. The van der Waals surface area contributed by atoms with Gasteiger partial charge in [-0.3, -0.25) is 4.79 Å². The number of hydrogen-bond donors (Lipinski definition) is 2. The van der Waals surface area contributed by atoms with Gasteiger partial charge in [0.05, 0.1) is 6.42 Å². The average Bonchev–Trinajstić information content (AvgIpc) is 2.37. The van der Waals surface area contributed by atoms with Crippen molar-refractivity contribution in [3.63, 3.8) is 0 Å². The molecule has 0 aliphatic heterocycles. The molecule has 0 radical (unpaired) electrons. The highest BCUT2D eigenvalue weighted by Crippen LogP contribution is 2.30. The molecule has 8 heteroatoms. The Hall–Kier alpha value is -1.83. The van der Waals surface area contributed by atoms with Crippen molar-refractivity contribution in [2.45, 2.75) is 19.0 Å². The van der Waals surface area contributed by atoms with E-state index < -0.39 is 30.5 Å². The fourth-order valence-electron chi connectivity index (χ4n) is 1.79. The van der Waals surface area contributed by atoms with E-state index in [4.69, 9.17) is 0 Å². The van der Waals surface area contributed by atoms with Crippen molar-refractivity contribution in [3.05, 3.63) is 44.9 Å². The van der Waals surface area contributed by atoms with Gasteiger partial charge in [0.15, 0.2) is 0 Å². The summed E-state index contributed by atoms with van der Waals surface area (Å²) < 4.78 is 37.0. The molecule has 1 aromatic heterocycles. The van der Waals surface area contributed by atoms with Gasteiger partial charge in [0.2, 0.25) is 5.88 Å². The molecule has 0 fully saturated rings. The number of aromatic nitrogens is 2. The number of aryl methyl sites for hydroxylation is 1. The molecule has 0 aliphatic rings. The largest absolute Gasteiger partial charge is 0.493 e. The lowest BCUT2D eigenvalue weighted by atomic mass is 10.1. The third-order valence-electron chi connectivity index (χ3n) is 2.74. The number of aromatic hydroxyl groups is 1. The quantitative estimate of drug-likeness (QED) is 0.879. The Kier molecular flexibility index (Phi) is 4.36. The van der Waals surface area contributed by atoms with E-state index in [9.17, 15) is 23.1 Å². The maximum Gasteiger partial charge on any atom is 0.389 e. The minimum atomic E-state index is -4.35. The number of H-pyrrole nitrogens is 1. The Morgan fingerprint density at radius 2 is 1.95 bits per heavy atom. The zero-order valence-corrected chi connectivity index (χ0v) is 12.1. The highest BCUT2D eigenvalue weighted by Gasteiger charge is 2.27. The predicted octanol–water partition coefficient (Wildman–Crippen LogP) is 3.40. The first kappa shape index (κ1) is 15.6. The summed E-state index contributed by atoms with van der Waals surface area (Å²) in [7, 11) is 0. The molecule has 0 unspecified atom stereocenters. The first-order valence-corrected chi connectivity index (χ1v) is 6.71. The van der Waals surface area contributed by atoms with Crippen molar-refractivity contribution < 1.29 is 18.3 Å². The molecule has 4 nitrogen and oxygen atoms in total. The zero-order valence-electron chi connectivity index (χ0n) is 10.5. The van der Waals surface area contributed by atoms with Crippen LogP contribution in [-0.4, -0.2) is 21.3 Å². The van der Waals surface area contributed by atoms with Gasteiger partial charge < -0.3 is 10.1 Å². The Labute approximate surface area is 125 Å². The lowest BCUT2D eigenvalue weighted by Gasteiger charge is -2.09. The molecule has 2 rings (SSSR count). The summed E-state index contributed by atoms with van der Waals surface area (Å²) >= 11 is 3.24. The van der Waals surface area contributed by atoms with Crippen LogP contribution in [0.25, 0.3) is 11.1 Å². The molecular formula is C13H10BrF3N2O2. The highest BCUT2D eigenvalue weighted by molar-refractivity contribution is 9.10. The zero-order chi connectivity index (χ0) is 15.6. The van der Waals surface area contributed by atoms with Crippen molar-refractivity contribution in [2.75, 3.05) is 0 Å². The van der Waals surface area contributed by atoms with Gasteiger partial charge in [-0.1, -0.05) is 34.1 Å². The van der Waals surface area contributed by atoms with E-state index >= 15 is 0 Å². The smallest absolute Gasteiger partial charge is 0.389 e. The van der Waals surface area contributed by atoms with Crippen LogP contribution in [0, 0.1) is 0 Å². The molecule has 0 aliphatic carbocycles. The van der Waals surface area contributed by atoms with E-state index in [0.29, 0.717) is 10.0 Å². The molecule has 0 saturated carbocycles. The SMILES string of the molecule is O=c1[nH]c(CCC(F)(F)F)nc(O)c1-c1ccccc1Br. The van der Waals surface area contributed by atoms with Gasteiger partial charge in [-0.25, -0.2) is 0 Å². The second kappa shape index (κ2) is 5.88. The van der Waals surface area contributed by atoms with Crippen LogP contribution in [0.15, 0.2) is 33.5 Å². The van der Waals surface area contributed by atoms with Crippen LogP contribution in [0.3, 0.4) is 0 Å². The fourth-order valence-corrected chi connectivity index (χ4v) is 2.28. The third kappa shape index (κ3) is 3.84. The Morgan fingerprint density at radius 1 is 1.29 bits per heavy atom. The van der Waals surface area contributed by atoms with Crippen LogP contribution in [-0.2, 0) is 6.42 Å². The minimum absolute atomic E-state index is 0.0850. The number of hydrogen-bond acceptors (Lipinski definition) is 3. The molecule has 0 spiro atoms. The third-order valence-corrected chi connectivity index (χ3v) is 3.43. The summed E-state index contributed by atoms with van der Waals surface area (Å²) in [4.78, 5) is 17.9. The molecule has 1 aromatic carbocycles. The number of alkyl halides is 3. The van der Waals surface area contributed by atoms with Crippen LogP contribution in [0.1, 0.15) is 12.2 Å². The molecule has 2 N–H and O–H groups in total. The van der Waals surface area contributed by atoms with Gasteiger partial charge in [0.25, 0.3) is 5.56 Å². The van der Waals surface area contributed by atoms with E-state index in [0.717, 1.165) is 0 Å². The van der Waals surface area contributed by atoms with E-state index in [-0.39, 0.29) is 11.4 Å². The summed E-state index contributed by atoms with van der Waals surface area (Å²) in [6.07, 6.45) is -5.97. The predicted molar refractivity (Wildman–Crippen MR) is 74.0 cm³/mol. The van der Waals surface area contributed by atoms with Crippen LogP contribution in [0.5, 0.6) is 5.88 Å². The van der Waals surface area contributed by atoms with Gasteiger partial charge in [0, 0.05) is 16.5 Å². The molecule has 0 bridgehead atoms. The standard InChI is InChI=1S/C13H10BrF3N2O2/c14-8-4-2-1-3-7(8)10-11(20)18-9(19-12(10)21)5-6-13(15,16)17/h1-4H,5-6H2,(H2,18,19,20,21). The number of benzene rings is 1. The van der Waals surface area contributed by atoms with Crippen molar-refractivity contribution in [1.82, 2.24) is 9.97 Å². The van der Waals surface area contributed by atoms with Gasteiger partial charge >= 0.3 is 6.18 Å². The van der Waals surface area contributed by atoms with Crippen molar-refractivity contribution in [1.29, 1.82) is 0 Å². The molecule has 21 heavy (non-hydrogen) atoms. The fraction of sp³-hybridized carbons (Fsp3) is 0.231. The Bertz CT molecular complexity index is 713. The summed E-state index contributed by atoms with van der Waals surface area (Å²) in [5.41, 5.74) is -0.365. The van der Waals surface area contributed by atoms with E-state index in [1.165, 1.54) is 0 Å². The highest BCUT2D eigenvalue weighted by atomic mass is 79.9. The van der Waals surface area contributed by atoms with Crippen molar-refractivity contribution in [2.24, 2.45) is 0 Å². The van der Waals surface area contributed by atoms with Crippen molar-refractivity contribution >= 4 is 15.9 Å². The van der Waals surface area contributed by atoms with E-state index in [2.05, 4.69) is 25.9 Å². The number of nitrogens with one attached hydrogen (secondary N) is 1. The topological polar surface area (TPSA) is 66.0 Å². The minimum Gasteiger partial charge on any atom is -0.493 e. The van der Waals surface area contributed by atoms with Gasteiger partial charge in [0.1, 0.15) is 11.4 Å².